The van der Waals surface area contributed by atoms with Crippen LogP contribution >= 0.6 is 0 Å². The van der Waals surface area contributed by atoms with Crippen LogP contribution in [-0.2, 0) is 0 Å². The van der Waals surface area contributed by atoms with E-state index in [9.17, 15) is 20.0 Å². The molecule has 1 unspecified atom stereocenters. The minimum absolute atomic E-state index is 0.0177. The molecule has 1 aromatic rings. The maximum Gasteiger partial charge on any atom is 0.269 e. The van der Waals surface area contributed by atoms with Crippen LogP contribution in [0.4, 0.5) is 5.69 Å². The Bertz CT molecular complexity index is 477. The number of carbonyl (C=O) groups excluding carboxylic acids is 1. The molecular formula is C14H20N2O4. The number of rotatable bonds is 5. The number of hydrogen-bond donors (Lipinski definition) is 2. The lowest BCUT2D eigenvalue weighted by Crippen LogP contribution is -2.40. The normalized spacial score (nSPS) is 12.8. The van der Waals surface area contributed by atoms with E-state index in [1.54, 1.807) is 0 Å². The van der Waals surface area contributed by atoms with Crippen molar-refractivity contribution in [2.45, 2.75) is 33.2 Å². The molecule has 2 N–H and O–H groups in total. The van der Waals surface area contributed by atoms with E-state index in [0.717, 1.165) is 0 Å². The van der Waals surface area contributed by atoms with Gasteiger partial charge in [-0.2, -0.15) is 0 Å². The summed E-state index contributed by atoms with van der Waals surface area (Å²) in [5.41, 5.74) is 0.258. The monoisotopic (exact) mass is 280 g/mol. The molecule has 0 radical (unpaired) electrons. The van der Waals surface area contributed by atoms with Crippen molar-refractivity contribution >= 4 is 11.6 Å². The molecule has 0 saturated carbocycles. The summed E-state index contributed by atoms with van der Waals surface area (Å²) in [5, 5.41) is 22.6. The summed E-state index contributed by atoms with van der Waals surface area (Å²) in [6.07, 6.45) is 0.641. The van der Waals surface area contributed by atoms with E-state index in [1.165, 1.54) is 24.3 Å². The summed E-state index contributed by atoms with van der Waals surface area (Å²) in [5.74, 6) is -0.344. The molecule has 1 amide bonds. The summed E-state index contributed by atoms with van der Waals surface area (Å²) in [6.45, 7) is 5.92. The Morgan fingerprint density at radius 2 is 1.90 bits per heavy atom. The number of aliphatic hydroxyl groups excluding tert-OH is 1. The fraction of sp³-hybridized carbons (Fsp3) is 0.500. The number of benzene rings is 1. The van der Waals surface area contributed by atoms with Crippen molar-refractivity contribution in [2.24, 2.45) is 5.41 Å². The number of hydrogen-bond acceptors (Lipinski definition) is 4. The molecule has 20 heavy (non-hydrogen) atoms. The molecule has 110 valence electrons. The fourth-order valence-electron chi connectivity index (χ4n) is 1.90. The minimum Gasteiger partial charge on any atom is -0.394 e. The summed E-state index contributed by atoms with van der Waals surface area (Å²) >= 11 is 0. The van der Waals surface area contributed by atoms with E-state index >= 15 is 0 Å². The lowest BCUT2D eigenvalue weighted by atomic mass is 9.88. The second-order valence-electron chi connectivity index (χ2n) is 5.92. The number of nitrogens with zero attached hydrogens (tertiary/aromatic N) is 1. The fourth-order valence-corrected chi connectivity index (χ4v) is 1.90. The van der Waals surface area contributed by atoms with Crippen LogP contribution < -0.4 is 5.32 Å². The predicted molar refractivity (Wildman–Crippen MR) is 75.5 cm³/mol. The van der Waals surface area contributed by atoms with Crippen LogP contribution in [0.15, 0.2) is 24.3 Å². The summed E-state index contributed by atoms with van der Waals surface area (Å²) in [7, 11) is 0. The van der Waals surface area contributed by atoms with Crippen LogP contribution in [0.2, 0.25) is 0 Å². The Hall–Kier alpha value is -1.95. The van der Waals surface area contributed by atoms with Crippen molar-refractivity contribution in [3.63, 3.8) is 0 Å². The van der Waals surface area contributed by atoms with Gasteiger partial charge >= 0.3 is 0 Å². The van der Waals surface area contributed by atoms with Crippen LogP contribution in [0, 0.1) is 15.5 Å². The van der Waals surface area contributed by atoms with Gasteiger partial charge in [-0.1, -0.05) is 20.8 Å². The molecule has 0 fully saturated rings. The van der Waals surface area contributed by atoms with Crippen LogP contribution in [0.1, 0.15) is 37.6 Å². The van der Waals surface area contributed by atoms with E-state index in [2.05, 4.69) is 5.32 Å². The van der Waals surface area contributed by atoms with Crippen LogP contribution in [0.3, 0.4) is 0 Å². The topological polar surface area (TPSA) is 92.5 Å². The number of nitro groups is 1. The minimum atomic E-state index is -0.516. The Morgan fingerprint density at radius 1 is 1.35 bits per heavy atom. The lowest BCUT2D eigenvalue weighted by molar-refractivity contribution is -0.384. The number of nitrogens with one attached hydrogen (secondary N) is 1. The highest BCUT2D eigenvalue weighted by molar-refractivity contribution is 5.94. The van der Waals surface area contributed by atoms with Gasteiger partial charge in [-0.15, -0.1) is 0 Å². The number of amides is 1. The zero-order valence-electron chi connectivity index (χ0n) is 11.9. The van der Waals surface area contributed by atoms with Gasteiger partial charge in [0.1, 0.15) is 0 Å². The molecular weight excluding hydrogens is 260 g/mol. The second-order valence-corrected chi connectivity index (χ2v) is 5.92. The first kappa shape index (κ1) is 16.1. The third-order valence-electron chi connectivity index (χ3n) is 2.75. The number of aliphatic hydroxyl groups is 1. The molecule has 6 heteroatoms. The first-order valence-electron chi connectivity index (χ1n) is 6.39. The third-order valence-corrected chi connectivity index (χ3v) is 2.75. The van der Waals surface area contributed by atoms with Gasteiger partial charge in [0.05, 0.1) is 17.6 Å². The number of non-ortho nitro benzene ring substituents is 1. The highest BCUT2D eigenvalue weighted by atomic mass is 16.6. The molecule has 0 aromatic heterocycles. The van der Waals surface area contributed by atoms with Gasteiger partial charge in [-0.25, -0.2) is 0 Å². The highest BCUT2D eigenvalue weighted by Gasteiger charge is 2.20. The van der Waals surface area contributed by atoms with Crippen LogP contribution in [0.25, 0.3) is 0 Å². The Labute approximate surface area is 118 Å². The SMILES string of the molecule is CC(C)(C)CC(CO)NC(=O)c1ccc([N+](=O)[O-])cc1. The maximum absolute atomic E-state index is 12.0. The standard InChI is InChI=1S/C14H20N2O4/c1-14(2,3)8-11(9-17)15-13(18)10-4-6-12(7-5-10)16(19)20/h4-7,11,17H,8-9H2,1-3H3,(H,15,18). The molecule has 1 aromatic carbocycles. The third kappa shape index (κ3) is 4.97. The first-order chi connectivity index (χ1) is 9.23. The Kier molecular flexibility index (Phi) is 5.21. The smallest absolute Gasteiger partial charge is 0.269 e. The van der Waals surface area contributed by atoms with Crippen molar-refractivity contribution < 1.29 is 14.8 Å². The molecule has 0 spiro atoms. The Balaban J connectivity index is 2.72. The quantitative estimate of drug-likeness (QED) is 0.638. The number of carbonyl (C=O) groups is 1. The molecule has 0 saturated heterocycles. The van der Waals surface area contributed by atoms with Crippen molar-refractivity contribution in [1.29, 1.82) is 0 Å². The number of nitro benzene ring substituents is 1. The maximum atomic E-state index is 12.0. The van der Waals surface area contributed by atoms with Crippen LogP contribution in [0.5, 0.6) is 0 Å². The van der Waals surface area contributed by atoms with Gasteiger partial charge in [0.15, 0.2) is 0 Å². The summed E-state index contributed by atoms with van der Waals surface area (Å²) in [6, 6.07) is 5.04. The zero-order chi connectivity index (χ0) is 15.3. The van der Waals surface area contributed by atoms with Gasteiger partial charge in [0.2, 0.25) is 0 Å². The van der Waals surface area contributed by atoms with E-state index in [-0.39, 0.29) is 29.7 Å². The molecule has 0 heterocycles. The summed E-state index contributed by atoms with van der Waals surface area (Å²) in [4.78, 5) is 22.0. The largest absolute Gasteiger partial charge is 0.394 e. The molecule has 6 nitrogen and oxygen atoms in total. The van der Waals surface area contributed by atoms with Crippen molar-refractivity contribution in [1.82, 2.24) is 5.32 Å². The molecule has 0 aliphatic carbocycles. The van der Waals surface area contributed by atoms with Gasteiger partial charge in [-0.3, -0.25) is 14.9 Å². The van der Waals surface area contributed by atoms with Crippen molar-refractivity contribution in [3.8, 4) is 0 Å². The molecule has 0 aliphatic rings. The Morgan fingerprint density at radius 3 is 2.30 bits per heavy atom. The molecule has 0 aliphatic heterocycles. The van der Waals surface area contributed by atoms with E-state index < -0.39 is 4.92 Å². The average molecular weight is 280 g/mol. The van der Waals surface area contributed by atoms with Crippen molar-refractivity contribution in [2.75, 3.05) is 6.61 Å². The van der Waals surface area contributed by atoms with Gasteiger partial charge in [0, 0.05) is 17.7 Å². The highest BCUT2D eigenvalue weighted by Crippen LogP contribution is 2.21. The van der Waals surface area contributed by atoms with Crippen molar-refractivity contribution in [3.05, 3.63) is 39.9 Å². The molecule has 0 bridgehead atoms. The first-order valence-corrected chi connectivity index (χ1v) is 6.39. The van der Waals surface area contributed by atoms with Gasteiger partial charge in [0.25, 0.3) is 11.6 Å². The lowest BCUT2D eigenvalue weighted by Gasteiger charge is -2.25. The van der Waals surface area contributed by atoms with E-state index in [1.807, 2.05) is 20.8 Å². The zero-order valence-corrected chi connectivity index (χ0v) is 11.9. The van der Waals surface area contributed by atoms with E-state index in [4.69, 9.17) is 0 Å². The average Bonchev–Trinajstić information content (AvgIpc) is 2.36. The summed E-state index contributed by atoms with van der Waals surface area (Å²) < 4.78 is 0. The van der Waals surface area contributed by atoms with Gasteiger partial charge < -0.3 is 10.4 Å². The molecule has 1 atom stereocenters. The van der Waals surface area contributed by atoms with Gasteiger partial charge in [-0.05, 0) is 24.0 Å². The second kappa shape index (κ2) is 6.47. The molecule has 1 rings (SSSR count). The predicted octanol–water partition coefficient (Wildman–Crippen LogP) is 2.12. The van der Waals surface area contributed by atoms with E-state index in [0.29, 0.717) is 12.0 Å². The van der Waals surface area contributed by atoms with Crippen LogP contribution in [-0.4, -0.2) is 28.6 Å².